The minimum Gasteiger partial charge on any atom is -1.00 e. The predicted molar refractivity (Wildman–Crippen MR) is 75.9 cm³/mol. The molecule has 1 atom stereocenters. The van der Waals surface area contributed by atoms with E-state index in [0.717, 1.165) is 5.92 Å². The van der Waals surface area contributed by atoms with E-state index in [1.165, 1.54) is 22.5 Å². The molecule has 0 aliphatic heterocycles. The molecule has 3 rings (SSSR count). The molecule has 3 aliphatic rings. The average Bonchev–Trinajstić information content (AvgIpc) is 2.96. The molecule has 0 heterocycles. The summed E-state index contributed by atoms with van der Waals surface area (Å²) in [5.41, 5.74) is 1.63. The fourth-order valence-electron chi connectivity index (χ4n) is 2.82. The Bertz CT molecular complexity index is 416. The van der Waals surface area contributed by atoms with Gasteiger partial charge in [-0.15, -0.1) is 12.2 Å². The second kappa shape index (κ2) is 9.98. The standard InChI is InChI=1S/C14H15.C3H6.2ClH.Zr/c1-2-6-11(5-1)14-10-9-12-7-3-4-8-13(12)14;1-3-2;;;/h1-6,8,11-12H,7,9-10H2;1-2H3;2*1H;/q-1;;;;+2/p-2. The van der Waals surface area contributed by atoms with Gasteiger partial charge in [-0.1, -0.05) is 37.1 Å². The summed E-state index contributed by atoms with van der Waals surface area (Å²) < 4.78 is 1.51. The summed E-state index contributed by atoms with van der Waals surface area (Å²) in [6.45, 7) is 4.25. The van der Waals surface area contributed by atoms with Crippen molar-refractivity contribution in [2.24, 2.45) is 11.8 Å². The van der Waals surface area contributed by atoms with Crippen molar-refractivity contribution in [1.82, 2.24) is 0 Å². The normalized spacial score (nSPS) is 22.3. The minimum absolute atomic E-state index is 0. The van der Waals surface area contributed by atoms with Crippen molar-refractivity contribution in [1.29, 1.82) is 0 Å². The molecule has 3 heteroatoms. The number of halogens is 2. The SMILES string of the molecule is C1=CCC2CC[C-](C3C=CC=C3)C2=C1.C[C](C)=[Zr+2].[Cl-].[Cl-]. The molecule has 0 N–H and O–H groups in total. The van der Waals surface area contributed by atoms with Crippen LogP contribution in [0.25, 0.3) is 0 Å². The van der Waals surface area contributed by atoms with E-state index in [1.807, 2.05) is 0 Å². The van der Waals surface area contributed by atoms with Gasteiger partial charge in [0, 0.05) is 0 Å². The Labute approximate surface area is 150 Å². The maximum absolute atomic E-state index is 2.33. The monoisotopic (exact) mass is 385 g/mol. The average molecular weight is 387 g/mol. The van der Waals surface area contributed by atoms with Crippen LogP contribution in [-0.2, 0) is 24.2 Å². The van der Waals surface area contributed by atoms with Crippen LogP contribution < -0.4 is 24.8 Å². The third kappa shape index (κ3) is 5.51. The molecule has 0 aromatic carbocycles. The first-order valence-electron chi connectivity index (χ1n) is 6.78. The third-order valence-corrected chi connectivity index (χ3v) is 3.56. The van der Waals surface area contributed by atoms with Crippen molar-refractivity contribution >= 4 is 3.21 Å². The molecule has 0 bridgehead atoms. The summed E-state index contributed by atoms with van der Waals surface area (Å²) in [6.07, 6.45) is 19.8. The van der Waals surface area contributed by atoms with Crippen LogP contribution in [0.5, 0.6) is 0 Å². The Kier molecular flexibility index (Phi) is 10.1. The topological polar surface area (TPSA) is 0 Å². The summed E-state index contributed by atoms with van der Waals surface area (Å²) >= 11 is 1.55. The molecule has 0 radical (unpaired) electrons. The number of fused-ring (bicyclic) bond motifs is 1. The van der Waals surface area contributed by atoms with Crippen LogP contribution >= 0.6 is 0 Å². The van der Waals surface area contributed by atoms with Gasteiger partial charge in [0.2, 0.25) is 0 Å². The van der Waals surface area contributed by atoms with Crippen molar-refractivity contribution < 1.29 is 49.0 Å². The molecule has 0 saturated heterocycles. The second-order valence-electron chi connectivity index (χ2n) is 5.34. The fraction of sp³-hybridized carbons (Fsp3) is 0.412. The quantitative estimate of drug-likeness (QED) is 0.473. The van der Waals surface area contributed by atoms with Crippen LogP contribution in [0.15, 0.2) is 48.1 Å². The van der Waals surface area contributed by atoms with Crippen LogP contribution in [-0.4, -0.2) is 3.21 Å². The van der Waals surface area contributed by atoms with Gasteiger partial charge in [0.15, 0.2) is 0 Å². The van der Waals surface area contributed by atoms with E-state index in [2.05, 4.69) is 56.4 Å². The van der Waals surface area contributed by atoms with Crippen molar-refractivity contribution in [3.8, 4) is 0 Å². The van der Waals surface area contributed by atoms with Crippen LogP contribution in [0.4, 0.5) is 0 Å². The van der Waals surface area contributed by atoms with Gasteiger partial charge < -0.3 is 24.8 Å². The first-order valence-corrected chi connectivity index (χ1v) is 8.01. The summed E-state index contributed by atoms with van der Waals surface area (Å²) in [7, 11) is 0. The van der Waals surface area contributed by atoms with Gasteiger partial charge in [-0.05, 0) is 18.3 Å². The smallest absolute Gasteiger partial charge is 1.00 e. The van der Waals surface area contributed by atoms with Gasteiger partial charge in [0.1, 0.15) is 0 Å². The first kappa shape index (κ1) is 20.2. The molecule has 3 aliphatic carbocycles. The Balaban J connectivity index is 0.000000542. The molecule has 1 unspecified atom stereocenters. The molecule has 0 aromatic rings. The molecule has 1 saturated carbocycles. The van der Waals surface area contributed by atoms with Gasteiger partial charge in [0.05, 0.1) is 0 Å². The molecule has 20 heavy (non-hydrogen) atoms. The Morgan fingerprint density at radius 1 is 1.15 bits per heavy atom. The van der Waals surface area contributed by atoms with Crippen molar-refractivity contribution in [3.05, 3.63) is 54.0 Å². The van der Waals surface area contributed by atoms with E-state index in [0.29, 0.717) is 5.92 Å². The molecule has 108 valence electrons. The summed E-state index contributed by atoms with van der Waals surface area (Å²) in [4.78, 5) is 0. The molecule has 0 spiro atoms. The van der Waals surface area contributed by atoms with Crippen LogP contribution in [0.2, 0.25) is 0 Å². The Hall–Kier alpha value is 0.163. The van der Waals surface area contributed by atoms with Crippen molar-refractivity contribution in [2.75, 3.05) is 0 Å². The molecule has 0 amide bonds. The zero-order chi connectivity index (χ0) is 13.0. The molecule has 1 fully saturated rings. The molecular weight excluding hydrogens is 366 g/mol. The molecule has 0 aromatic heterocycles. The minimum atomic E-state index is 0. The Morgan fingerprint density at radius 2 is 1.75 bits per heavy atom. The van der Waals surface area contributed by atoms with Crippen molar-refractivity contribution in [2.45, 2.75) is 33.1 Å². The number of hydrogen-bond donors (Lipinski definition) is 0. The van der Waals surface area contributed by atoms with E-state index < -0.39 is 0 Å². The van der Waals surface area contributed by atoms with E-state index in [4.69, 9.17) is 0 Å². The van der Waals surface area contributed by atoms with E-state index in [9.17, 15) is 0 Å². The fourth-order valence-corrected chi connectivity index (χ4v) is 2.82. The van der Waals surface area contributed by atoms with Gasteiger partial charge in [-0.25, -0.2) is 17.6 Å². The first-order chi connectivity index (χ1) is 8.68. The molecule has 0 nitrogen and oxygen atoms in total. The van der Waals surface area contributed by atoms with E-state index >= 15 is 0 Å². The van der Waals surface area contributed by atoms with Crippen molar-refractivity contribution in [3.63, 3.8) is 0 Å². The second-order valence-corrected chi connectivity index (χ2v) is 7.80. The van der Waals surface area contributed by atoms with E-state index in [-0.39, 0.29) is 24.8 Å². The zero-order valence-corrected chi connectivity index (χ0v) is 16.0. The summed E-state index contributed by atoms with van der Waals surface area (Å²) in [5, 5.41) is 0. The largest absolute Gasteiger partial charge is 1.00 e. The zero-order valence-electron chi connectivity index (χ0n) is 12.1. The van der Waals surface area contributed by atoms with Gasteiger partial charge in [-0.3, -0.25) is 0 Å². The number of hydrogen-bond acceptors (Lipinski definition) is 0. The summed E-state index contributed by atoms with van der Waals surface area (Å²) in [5.74, 6) is 3.11. The maximum Gasteiger partial charge on any atom is -1.00 e. The molecular formula is C17H21Cl2Zr-. The van der Waals surface area contributed by atoms with Gasteiger partial charge in [-0.2, -0.15) is 0 Å². The Morgan fingerprint density at radius 3 is 2.35 bits per heavy atom. The number of rotatable bonds is 1. The predicted octanol–water partition coefficient (Wildman–Crippen LogP) is -1.65. The van der Waals surface area contributed by atoms with E-state index in [1.54, 1.807) is 35.7 Å². The van der Waals surface area contributed by atoms with Gasteiger partial charge >= 0.3 is 41.3 Å². The van der Waals surface area contributed by atoms with Crippen LogP contribution in [0.3, 0.4) is 0 Å². The van der Waals surface area contributed by atoms with Crippen LogP contribution in [0.1, 0.15) is 33.1 Å². The third-order valence-electron chi connectivity index (χ3n) is 3.56. The van der Waals surface area contributed by atoms with Gasteiger partial charge in [0.25, 0.3) is 0 Å². The van der Waals surface area contributed by atoms with Crippen LogP contribution in [0, 0.1) is 17.8 Å². The maximum atomic E-state index is 2.33. The summed E-state index contributed by atoms with van der Waals surface area (Å²) in [6, 6.07) is 0. The number of allylic oxidation sites excluding steroid dienone is 8.